The van der Waals surface area contributed by atoms with E-state index in [0.29, 0.717) is 18.7 Å². The van der Waals surface area contributed by atoms with E-state index in [-0.39, 0.29) is 11.2 Å². The lowest BCUT2D eigenvalue weighted by Gasteiger charge is -2.31. The largest absolute Gasteiger partial charge is 0.436 e. The smallest absolute Gasteiger partial charge is 0.408 e. The highest BCUT2D eigenvalue weighted by atomic mass is 31.2. The number of alkyl carbamates (subject to hydrolysis) is 1. The topological polar surface area (TPSA) is 118 Å². The van der Waals surface area contributed by atoms with Crippen molar-refractivity contribution in [3.63, 3.8) is 0 Å². The van der Waals surface area contributed by atoms with Crippen LogP contribution >= 0.6 is 6.89 Å². The molecule has 0 aliphatic heterocycles. The van der Waals surface area contributed by atoms with Crippen molar-refractivity contribution in [3.8, 4) is 17.5 Å². The number of amides is 1. The molecule has 0 fully saturated rings. The Kier molecular flexibility index (Phi) is 11.5. The first-order chi connectivity index (χ1) is 24.1. The Labute approximate surface area is 294 Å². The van der Waals surface area contributed by atoms with Gasteiger partial charge >= 0.3 is 6.09 Å². The molecule has 2 atom stereocenters. The van der Waals surface area contributed by atoms with Crippen LogP contribution in [0.3, 0.4) is 0 Å². The third-order valence-electron chi connectivity index (χ3n) is 8.53. The summed E-state index contributed by atoms with van der Waals surface area (Å²) in [4.78, 5) is 28.7. The minimum Gasteiger partial charge on any atom is -0.436 e. The van der Waals surface area contributed by atoms with E-state index >= 15 is 0 Å². The van der Waals surface area contributed by atoms with Gasteiger partial charge in [0.15, 0.2) is 11.9 Å². The van der Waals surface area contributed by atoms with Gasteiger partial charge in [-0.3, -0.25) is 4.79 Å². The summed E-state index contributed by atoms with van der Waals surface area (Å²) in [5, 5.41) is 25.0. The molecule has 0 spiro atoms. The summed E-state index contributed by atoms with van der Waals surface area (Å²) in [7, 11) is 0. The van der Waals surface area contributed by atoms with Gasteiger partial charge in [-0.1, -0.05) is 149 Å². The quantitative estimate of drug-likeness (QED) is 0.134. The first kappa shape index (κ1) is 36.0. The van der Waals surface area contributed by atoms with E-state index in [1.54, 1.807) is 0 Å². The molecule has 8 nitrogen and oxygen atoms in total. The minimum absolute atomic E-state index is 0.106. The number of rotatable bonds is 12. The summed E-state index contributed by atoms with van der Waals surface area (Å²) in [5.41, 5.74) is 1.22. The molecule has 0 aliphatic carbocycles. The van der Waals surface area contributed by atoms with Gasteiger partial charge in [-0.15, -0.1) is 10.2 Å². The van der Waals surface area contributed by atoms with E-state index in [0.717, 1.165) is 33.5 Å². The van der Waals surface area contributed by atoms with Crippen LogP contribution in [-0.2, 0) is 9.53 Å². The summed E-state index contributed by atoms with van der Waals surface area (Å²) in [5.74, 6) is 0.0197. The second kappa shape index (κ2) is 16.0. The molecule has 9 heteroatoms. The molecule has 0 aliphatic rings. The number of ketones is 1. The van der Waals surface area contributed by atoms with Gasteiger partial charge in [-0.2, -0.15) is 5.26 Å². The van der Waals surface area contributed by atoms with Crippen molar-refractivity contribution >= 4 is 40.0 Å². The zero-order chi connectivity index (χ0) is 35.7. The number of nitrogens with zero attached hydrogens (tertiary/aromatic N) is 3. The summed E-state index contributed by atoms with van der Waals surface area (Å²) < 4.78 is 12.0. The Morgan fingerprint density at radius 1 is 0.840 bits per heavy atom. The van der Waals surface area contributed by atoms with Crippen molar-refractivity contribution in [1.82, 2.24) is 15.5 Å². The molecule has 1 amide bonds. The van der Waals surface area contributed by atoms with Crippen LogP contribution < -0.4 is 21.2 Å². The molecule has 0 saturated carbocycles. The Bertz CT molecular complexity index is 1890. The van der Waals surface area contributed by atoms with Crippen molar-refractivity contribution in [2.45, 2.75) is 66.0 Å². The van der Waals surface area contributed by atoms with Crippen LogP contribution in [0.5, 0.6) is 0 Å². The standard InChI is InChI=1S/C41H43N4O4P/c1-6-7-23-34(43-40(47)48-37(41(3,4)5)39-45-44-38(49-39)30-26-24-29(2)25-27-30)36(46)35(28-42)50(31-17-11-8-12-18-31,32-19-13-9-14-20-32)33-21-15-10-16-22-33/h8-22,24-27,34,37H,6-7,23H2,1-5H3,(H,43,47)/t34-,37+/m0/s1. The molecule has 0 radical (unpaired) electrons. The predicted octanol–water partition coefficient (Wildman–Crippen LogP) is 7.68. The van der Waals surface area contributed by atoms with Crippen LogP contribution in [0.15, 0.2) is 120 Å². The van der Waals surface area contributed by atoms with Crippen molar-refractivity contribution in [2.24, 2.45) is 5.41 Å². The van der Waals surface area contributed by atoms with Crippen molar-refractivity contribution in [1.29, 1.82) is 5.26 Å². The number of aryl methyl sites for hydroxylation is 1. The van der Waals surface area contributed by atoms with Gasteiger partial charge in [-0.05, 0) is 48.3 Å². The number of carbonyl (C=O) groups is 2. The van der Waals surface area contributed by atoms with Gasteiger partial charge in [0.25, 0.3) is 5.89 Å². The fraction of sp³-hybridized carbons (Fsp3) is 0.268. The summed E-state index contributed by atoms with van der Waals surface area (Å²) in [6.45, 7) is 6.72. The van der Waals surface area contributed by atoms with Gasteiger partial charge in [-0.25, -0.2) is 4.79 Å². The van der Waals surface area contributed by atoms with E-state index in [4.69, 9.17) is 9.15 Å². The van der Waals surface area contributed by atoms with Gasteiger partial charge in [0.05, 0.1) is 6.04 Å². The average molecular weight is 687 g/mol. The summed E-state index contributed by atoms with van der Waals surface area (Å²) in [6, 6.07) is 38.2. The van der Waals surface area contributed by atoms with E-state index in [2.05, 4.69) is 21.6 Å². The number of Topliss-reactive ketones (excluding diaryl/α,β-unsaturated/α-hetero) is 1. The Hall–Kier alpha value is -5.25. The predicted molar refractivity (Wildman–Crippen MR) is 200 cm³/mol. The van der Waals surface area contributed by atoms with Gasteiger partial charge < -0.3 is 14.5 Å². The third kappa shape index (κ3) is 7.80. The lowest BCUT2D eigenvalue weighted by molar-refractivity contribution is -0.114. The number of unbranched alkanes of at least 4 members (excludes halogenated alkanes) is 1. The molecule has 0 unspecified atom stereocenters. The Balaban J connectivity index is 1.57. The average Bonchev–Trinajstić information content (AvgIpc) is 3.62. The maximum atomic E-state index is 14.9. The molecule has 1 N–H and O–H groups in total. The van der Waals surface area contributed by atoms with Crippen LogP contribution in [0.25, 0.3) is 11.5 Å². The Morgan fingerprint density at radius 2 is 1.36 bits per heavy atom. The highest BCUT2D eigenvalue weighted by Crippen LogP contribution is 2.46. The number of carbonyl (C=O) groups excluding carboxylic acids is 2. The molecule has 5 rings (SSSR count). The van der Waals surface area contributed by atoms with Crippen molar-refractivity contribution in [3.05, 3.63) is 127 Å². The number of hydrogen-bond acceptors (Lipinski definition) is 7. The Morgan fingerprint density at radius 3 is 1.82 bits per heavy atom. The fourth-order valence-corrected chi connectivity index (χ4v) is 10.1. The molecular weight excluding hydrogens is 643 g/mol. The second-order valence-corrected chi connectivity index (χ2v) is 16.6. The SMILES string of the molecule is CCCC[C@H](NC(=O)O[C@H](c1nnc(-c2ccc(C)cc2)o1)C(C)(C)C)C(=O)C(C#N)=P(c1ccccc1)(c1ccccc1)c1ccccc1. The van der Waals surface area contributed by atoms with Gasteiger partial charge in [0.2, 0.25) is 5.89 Å². The molecule has 50 heavy (non-hydrogen) atoms. The number of benzene rings is 4. The number of nitriles is 1. The lowest BCUT2D eigenvalue weighted by Crippen LogP contribution is -2.46. The highest BCUT2D eigenvalue weighted by Gasteiger charge is 2.39. The van der Waals surface area contributed by atoms with Crippen LogP contribution in [0.2, 0.25) is 0 Å². The van der Waals surface area contributed by atoms with Gasteiger partial charge in [0, 0.05) is 11.0 Å². The molecule has 4 aromatic carbocycles. The minimum atomic E-state index is -3.00. The normalized spacial score (nSPS) is 12.7. The van der Waals surface area contributed by atoms with E-state index in [1.165, 1.54) is 0 Å². The monoisotopic (exact) mass is 686 g/mol. The molecule has 256 valence electrons. The second-order valence-electron chi connectivity index (χ2n) is 13.3. The van der Waals surface area contributed by atoms with Crippen molar-refractivity contribution < 1.29 is 18.7 Å². The van der Waals surface area contributed by atoms with Crippen LogP contribution in [0.4, 0.5) is 4.79 Å². The van der Waals surface area contributed by atoms with Crippen LogP contribution in [0.1, 0.15) is 64.5 Å². The zero-order valence-corrected chi connectivity index (χ0v) is 30.1. The molecule has 0 saturated heterocycles. The van der Waals surface area contributed by atoms with E-state index in [1.807, 2.05) is 150 Å². The number of aromatic nitrogens is 2. The highest BCUT2D eigenvalue weighted by molar-refractivity contribution is 7.97. The van der Waals surface area contributed by atoms with E-state index < -0.39 is 36.3 Å². The lowest BCUT2D eigenvalue weighted by atomic mass is 9.89. The zero-order valence-electron chi connectivity index (χ0n) is 29.2. The molecule has 5 aromatic rings. The first-order valence-corrected chi connectivity index (χ1v) is 18.6. The number of ether oxygens (including phenoxy) is 1. The molecular formula is C41H43N4O4P. The maximum Gasteiger partial charge on any atom is 0.408 e. The summed E-state index contributed by atoms with van der Waals surface area (Å²) in [6.07, 6.45) is 0.0315. The molecule has 1 aromatic heterocycles. The van der Waals surface area contributed by atoms with Crippen LogP contribution in [0, 0.1) is 23.7 Å². The molecule has 0 bridgehead atoms. The van der Waals surface area contributed by atoms with Gasteiger partial charge in [0.1, 0.15) is 11.4 Å². The first-order valence-electron chi connectivity index (χ1n) is 16.8. The number of nitrogens with one attached hydrogen (secondary N) is 1. The number of hydrogen-bond donors (Lipinski definition) is 1. The summed E-state index contributed by atoms with van der Waals surface area (Å²) >= 11 is 0. The third-order valence-corrected chi connectivity index (χ3v) is 12.7. The van der Waals surface area contributed by atoms with E-state index in [9.17, 15) is 14.9 Å². The maximum absolute atomic E-state index is 14.9. The fourth-order valence-electron chi connectivity index (χ4n) is 5.96. The van der Waals surface area contributed by atoms with Crippen molar-refractivity contribution in [2.75, 3.05) is 0 Å². The van der Waals surface area contributed by atoms with Crippen LogP contribution in [-0.4, -0.2) is 33.4 Å². The molecule has 1 heterocycles.